The Morgan fingerprint density at radius 3 is 2.73 bits per heavy atom. The third kappa shape index (κ3) is 4.22. The van der Waals surface area contributed by atoms with Crippen LogP contribution in [-0.2, 0) is 4.79 Å². The minimum absolute atomic E-state index is 0.0468. The number of aliphatic carboxylic acids is 1. The first kappa shape index (κ1) is 11.9. The van der Waals surface area contributed by atoms with E-state index in [4.69, 9.17) is 5.11 Å². The van der Waals surface area contributed by atoms with Crippen molar-refractivity contribution in [2.45, 2.75) is 25.4 Å². The molecule has 0 aromatic carbocycles. The van der Waals surface area contributed by atoms with Crippen molar-refractivity contribution in [2.75, 3.05) is 0 Å². The average molecular weight is 228 g/mol. The number of hydrogen-bond donors (Lipinski definition) is 2. The lowest BCUT2D eigenvalue weighted by molar-refractivity contribution is -0.139. The van der Waals surface area contributed by atoms with Gasteiger partial charge in [0.25, 0.3) is 0 Å². The summed E-state index contributed by atoms with van der Waals surface area (Å²) in [6.45, 7) is 0. The van der Waals surface area contributed by atoms with Crippen LogP contribution in [0.3, 0.4) is 0 Å². The topological polar surface area (TPSA) is 74.6 Å². The largest absolute Gasteiger partial charge is 0.481 e. The van der Waals surface area contributed by atoms with Crippen LogP contribution in [0, 0.1) is 0 Å². The highest BCUT2D eigenvalue weighted by Crippen LogP contribution is 2.13. The number of rotatable bonds is 6. The van der Waals surface area contributed by atoms with Crippen LogP contribution in [0.1, 0.15) is 28.9 Å². The Balaban J connectivity index is 2.31. The molecule has 1 aromatic heterocycles. The summed E-state index contributed by atoms with van der Waals surface area (Å²) in [7, 11) is 0. The molecule has 0 amide bonds. The maximum absolute atomic E-state index is 11.4. The fourth-order valence-corrected chi connectivity index (χ4v) is 1.86. The summed E-state index contributed by atoms with van der Waals surface area (Å²) < 4.78 is 0. The number of carboxylic acid groups (broad SMARTS) is 1. The summed E-state index contributed by atoms with van der Waals surface area (Å²) in [6.07, 6.45) is -0.859. The van der Waals surface area contributed by atoms with E-state index < -0.39 is 12.1 Å². The number of aliphatic hydroxyl groups excluding tert-OH is 1. The van der Waals surface area contributed by atoms with Crippen molar-refractivity contribution >= 4 is 23.1 Å². The SMILES string of the molecule is O=C(O)CC(O)CCC(=O)c1cccs1. The molecule has 0 radical (unpaired) electrons. The van der Waals surface area contributed by atoms with Gasteiger partial charge in [0.05, 0.1) is 17.4 Å². The quantitative estimate of drug-likeness (QED) is 0.724. The Bertz CT molecular complexity index is 331. The minimum Gasteiger partial charge on any atom is -0.481 e. The summed E-state index contributed by atoms with van der Waals surface area (Å²) in [5, 5.41) is 19.4. The fourth-order valence-electron chi connectivity index (χ4n) is 1.16. The summed E-state index contributed by atoms with van der Waals surface area (Å²) in [4.78, 5) is 22.3. The zero-order valence-electron chi connectivity index (χ0n) is 8.05. The first-order valence-corrected chi connectivity index (χ1v) is 5.44. The molecule has 1 heterocycles. The number of thiophene rings is 1. The van der Waals surface area contributed by atoms with E-state index in [1.165, 1.54) is 11.3 Å². The van der Waals surface area contributed by atoms with E-state index in [2.05, 4.69) is 0 Å². The molecule has 0 aliphatic carbocycles. The molecule has 1 unspecified atom stereocenters. The van der Waals surface area contributed by atoms with Crippen molar-refractivity contribution in [2.24, 2.45) is 0 Å². The zero-order chi connectivity index (χ0) is 11.3. The van der Waals surface area contributed by atoms with E-state index in [0.717, 1.165) is 0 Å². The van der Waals surface area contributed by atoms with Gasteiger partial charge in [0, 0.05) is 6.42 Å². The predicted molar refractivity (Wildman–Crippen MR) is 56.1 cm³/mol. The average Bonchev–Trinajstić information content (AvgIpc) is 2.65. The Kier molecular flexibility index (Phi) is 4.45. The lowest BCUT2D eigenvalue weighted by atomic mass is 10.1. The summed E-state index contributed by atoms with van der Waals surface area (Å²) in [5.41, 5.74) is 0. The van der Waals surface area contributed by atoms with Gasteiger partial charge in [-0.05, 0) is 17.9 Å². The van der Waals surface area contributed by atoms with Crippen molar-refractivity contribution < 1.29 is 19.8 Å². The van der Waals surface area contributed by atoms with Gasteiger partial charge in [-0.3, -0.25) is 9.59 Å². The number of carbonyl (C=O) groups is 2. The number of hydrogen-bond acceptors (Lipinski definition) is 4. The van der Waals surface area contributed by atoms with Crippen LogP contribution in [-0.4, -0.2) is 28.1 Å². The summed E-state index contributed by atoms with van der Waals surface area (Å²) >= 11 is 1.35. The van der Waals surface area contributed by atoms with Crippen molar-refractivity contribution in [1.29, 1.82) is 0 Å². The van der Waals surface area contributed by atoms with Crippen LogP contribution >= 0.6 is 11.3 Å². The van der Waals surface area contributed by atoms with Crippen LogP contribution in [0.4, 0.5) is 0 Å². The van der Waals surface area contributed by atoms with Crippen LogP contribution in [0.2, 0.25) is 0 Å². The second-order valence-electron chi connectivity index (χ2n) is 3.19. The van der Waals surface area contributed by atoms with Gasteiger partial charge >= 0.3 is 5.97 Å². The molecular weight excluding hydrogens is 216 g/mol. The Labute approximate surface area is 91.2 Å². The molecule has 0 bridgehead atoms. The zero-order valence-corrected chi connectivity index (χ0v) is 8.87. The summed E-state index contributed by atoms with van der Waals surface area (Å²) in [6, 6.07) is 3.50. The monoisotopic (exact) mass is 228 g/mol. The number of Topliss-reactive ketones (excluding diaryl/α,β-unsaturated/α-hetero) is 1. The third-order valence-corrected chi connectivity index (χ3v) is 2.82. The number of aliphatic hydroxyl groups is 1. The van der Waals surface area contributed by atoms with Gasteiger partial charge in [0.15, 0.2) is 5.78 Å². The highest BCUT2D eigenvalue weighted by molar-refractivity contribution is 7.12. The van der Waals surface area contributed by atoms with Crippen molar-refractivity contribution in [3.05, 3.63) is 22.4 Å². The van der Waals surface area contributed by atoms with Gasteiger partial charge in [-0.2, -0.15) is 0 Å². The highest BCUT2D eigenvalue weighted by atomic mass is 32.1. The standard InChI is InChI=1S/C10H12O4S/c11-7(6-10(13)14)3-4-8(12)9-2-1-5-15-9/h1-2,5,7,11H,3-4,6H2,(H,13,14). The second kappa shape index (κ2) is 5.63. The molecule has 0 aliphatic rings. The van der Waals surface area contributed by atoms with Crippen LogP contribution in [0.25, 0.3) is 0 Å². The lowest BCUT2D eigenvalue weighted by Crippen LogP contribution is -2.14. The Morgan fingerprint density at radius 1 is 1.47 bits per heavy atom. The molecule has 1 atom stereocenters. The smallest absolute Gasteiger partial charge is 0.305 e. The van der Waals surface area contributed by atoms with E-state index in [-0.39, 0.29) is 25.0 Å². The van der Waals surface area contributed by atoms with Gasteiger partial charge in [0.1, 0.15) is 0 Å². The second-order valence-corrected chi connectivity index (χ2v) is 4.14. The van der Waals surface area contributed by atoms with Crippen molar-refractivity contribution in [3.8, 4) is 0 Å². The molecule has 1 rings (SSSR count). The molecule has 0 fully saturated rings. The van der Waals surface area contributed by atoms with E-state index in [9.17, 15) is 14.7 Å². The van der Waals surface area contributed by atoms with Crippen LogP contribution in [0.5, 0.6) is 0 Å². The molecule has 1 aromatic rings. The van der Waals surface area contributed by atoms with E-state index >= 15 is 0 Å². The van der Waals surface area contributed by atoms with Crippen molar-refractivity contribution in [1.82, 2.24) is 0 Å². The number of ketones is 1. The molecule has 82 valence electrons. The molecule has 5 heteroatoms. The molecular formula is C10H12O4S. The van der Waals surface area contributed by atoms with E-state index in [1.54, 1.807) is 17.5 Å². The van der Waals surface area contributed by atoms with Crippen molar-refractivity contribution in [3.63, 3.8) is 0 Å². The van der Waals surface area contributed by atoms with Gasteiger partial charge in [-0.25, -0.2) is 0 Å². The number of carbonyl (C=O) groups excluding carboxylic acids is 1. The fraction of sp³-hybridized carbons (Fsp3) is 0.400. The predicted octanol–water partition coefficient (Wildman–Crippen LogP) is 1.55. The lowest BCUT2D eigenvalue weighted by Gasteiger charge is -2.05. The summed E-state index contributed by atoms with van der Waals surface area (Å²) in [5.74, 6) is -1.10. The maximum Gasteiger partial charge on any atom is 0.305 e. The molecule has 4 nitrogen and oxygen atoms in total. The Hall–Kier alpha value is -1.20. The molecule has 0 saturated heterocycles. The molecule has 0 aliphatic heterocycles. The molecule has 15 heavy (non-hydrogen) atoms. The highest BCUT2D eigenvalue weighted by Gasteiger charge is 2.13. The first-order valence-electron chi connectivity index (χ1n) is 4.56. The molecule has 0 saturated carbocycles. The Morgan fingerprint density at radius 2 is 2.20 bits per heavy atom. The normalized spacial score (nSPS) is 12.3. The first-order chi connectivity index (χ1) is 7.09. The van der Waals surface area contributed by atoms with E-state index in [0.29, 0.717) is 4.88 Å². The molecule has 2 N–H and O–H groups in total. The third-order valence-electron chi connectivity index (χ3n) is 1.91. The van der Waals surface area contributed by atoms with Gasteiger partial charge in [-0.1, -0.05) is 6.07 Å². The minimum atomic E-state index is -1.05. The van der Waals surface area contributed by atoms with Gasteiger partial charge in [-0.15, -0.1) is 11.3 Å². The van der Waals surface area contributed by atoms with Gasteiger partial charge in [0.2, 0.25) is 0 Å². The maximum atomic E-state index is 11.4. The van der Waals surface area contributed by atoms with Crippen LogP contribution in [0.15, 0.2) is 17.5 Å². The number of carboxylic acids is 1. The van der Waals surface area contributed by atoms with Crippen LogP contribution < -0.4 is 0 Å². The molecule has 0 spiro atoms. The van der Waals surface area contributed by atoms with E-state index in [1.807, 2.05) is 0 Å². The van der Waals surface area contributed by atoms with Gasteiger partial charge < -0.3 is 10.2 Å².